The number of halogens is 4. The minimum Gasteiger partial charge on any atom is -0.272 e. The first-order valence-electron chi connectivity index (χ1n) is 6.25. The van der Waals surface area contributed by atoms with Gasteiger partial charge in [0.15, 0.2) is 5.69 Å². The van der Waals surface area contributed by atoms with Crippen LogP contribution in [0.1, 0.15) is 11.3 Å². The third-order valence-corrected chi connectivity index (χ3v) is 4.50. The van der Waals surface area contributed by atoms with E-state index in [1.54, 1.807) is 10.8 Å². The van der Waals surface area contributed by atoms with Crippen LogP contribution in [0.15, 0.2) is 33.8 Å². The van der Waals surface area contributed by atoms with Crippen LogP contribution in [-0.4, -0.2) is 29.3 Å². The lowest BCUT2D eigenvalue weighted by Gasteiger charge is -2.07. The summed E-state index contributed by atoms with van der Waals surface area (Å²) in [5, 5.41) is 14.8. The molecule has 132 valence electrons. The van der Waals surface area contributed by atoms with Crippen molar-refractivity contribution < 1.29 is 26.4 Å². The van der Waals surface area contributed by atoms with Gasteiger partial charge in [0, 0.05) is 4.47 Å². The number of nitrogens with zero attached hydrogens (tertiary/aromatic N) is 4. The van der Waals surface area contributed by atoms with Gasteiger partial charge in [-0.05, 0) is 18.2 Å². The molecule has 2 aromatic rings. The van der Waals surface area contributed by atoms with Crippen molar-refractivity contribution in [3.8, 4) is 6.07 Å². The van der Waals surface area contributed by atoms with Crippen LogP contribution in [0.3, 0.4) is 0 Å². The molecule has 2 rings (SSSR count). The Bertz CT molecular complexity index is 965. The van der Waals surface area contributed by atoms with Crippen LogP contribution in [0.25, 0.3) is 0 Å². The van der Waals surface area contributed by atoms with Crippen molar-refractivity contribution in [3.63, 3.8) is 0 Å². The van der Waals surface area contributed by atoms with Gasteiger partial charge in [0.05, 0.1) is 22.7 Å². The zero-order valence-electron chi connectivity index (χ0n) is 12.0. The van der Waals surface area contributed by atoms with E-state index in [4.69, 9.17) is 5.26 Å². The third-order valence-electron chi connectivity index (χ3n) is 2.69. The summed E-state index contributed by atoms with van der Waals surface area (Å²) in [4.78, 5) is 11.4. The number of hydrogen-bond donors (Lipinski definition) is 1. The average Bonchev–Trinajstić information content (AvgIpc) is 2.94. The molecule has 0 unspecified atom stereocenters. The molecule has 0 saturated carbocycles. The Morgan fingerprint density at radius 3 is 2.60 bits per heavy atom. The summed E-state index contributed by atoms with van der Waals surface area (Å²) in [6, 6.07) is 5.32. The zero-order chi connectivity index (χ0) is 18.8. The monoisotopic (exact) mass is 437 g/mol. The molecule has 1 heterocycles. The molecule has 1 amide bonds. The first-order chi connectivity index (χ1) is 11.5. The topological polar surface area (TPSA) is 118 Å². The Kier molecular flexibility index (Phi) is 5.14. The number of carbonyl (C=O) groups excluding carboxylic acids is 1. The molecule has 0 aliphatic carbocycles. The Hall–Kier alpha value is -2.46. The molecule has 0 radical (unpaired) electrons. The molecular formula is C12H7BrF3N5O3S. The quantitative estimate of drug-likeness (QED) is 0.772. The molecular weight excluding hydrogens is 431 g/mol. The molecule has 25 heavy (non-hydrogen) atoms. The van der Waals surface area contributed by atoms with Crippen LogP contribution < -0.4 is 4.72 Å². The van der Waals surface area contributed by atoms with Crippen LogP contribution >= 0.6 is 15.9 Å². The Labute approximate surface area is 147 Å². The minimum atomic E-state index is -4.73. The number of alkyl halides is 3. The van der Waals surface area contributed by atoms with E-state index in [9.17, 15) is 26.4 Å². The van der Waals surface area contributed by atoms with Gasteiger partial charge in [-0.3, -0.25) is 4.79 Å². The molecule has 0 spiro atoms. The average molecular weight is 438 g/mol. The first-order valence-corrected chi connectivity index (χ1v) is 8.52. The highest BCUT2D eigenvalue weighted by molar-refractivity contribution is 9.10. The van der Waals surface area contributed by atoms with Crippen LogP contribution in [0, 0.1) is 11.3 Å². The van der Waals surface area contributed by atoms with Crippen molar-refractivity contribution in [1.82, 2.24) is 19.7 Å². The molecule has 13 heteroatoms. The van der Waals surface area contributed by atoms with Gasteiger partial charge in [-0.15, -0.1) is 5.10 Å². The Morgan fingerprint density at radius 2 is 2.04 bits per heavy atom. The summed E-state index contributed by atoms with van der Waals surface area (Å²) in [6.45, 7) is -0.790. The lowest BCUT2D eigenvalue weighted by Crippen LogP contribution is -2.33. The number of amides is 1. The maximum Gasteiger partial charge on any atom is 0.436 e. The second kappa shape index (κ2) is 6.81. The Morgan fingerprint density at radius 1 is 1.36 bits per heavy atom. The van der Waals surface area contributed by atoms with Crippen molar-refractivity contribution in [2.45, 2.75) is 17.6 Å². The molecule has 0 saturated heterocycles. The Balaban J connectivity index is 2.15. The van der Waals surface area contributed by atoms with E-state index < -0.39 is 34.3 Å². The van der Waals surface area contributed by atoms with E-state index in [1.807, 2.05) is 0 Å². The molecule has 0 aliphatic heterocycles. The summed E-state index contributed by atoms with van der Waals surface area (Å²) < 4.78 is 64.0. The van der Waals surface area contributed by atoms with Crippen LogP contribution in [0.2, 0.25) is 0 Å². The maximum absolute atomic E-state index is 12.4. The fourth-order valence-corrected chi connectivity index (χ4v) is 3.37. The van der Waals surface area contributed by atoms with Gasteiger partial charge in [-0.25, -0.2) is 17.8 Å². The molecule has 0 bridgehead atoms. The summed E-state index contributed by atoms with van der Waals surface area (Å²) in [6.07, 6.45) is -4.26. The van der Waals surface area contributed by atoms with E-state index in [1.165, 1.54) is 6.07 Å². The van der Waals surface area contributed by atoms with Crippen molar-refractivity contribution in [2.24, 2.45) is 0 Å². The summed E-state index contributed by atoms with van der Waals surface area (Å²) in [7, 11) is -4.32. The van der Waals surface area contributed by atoms with Crippen molar-refractivity contribution in [2.75, 3.05) is 0 Å². The molecule has 0 aliphatic rings. The molecule has 8 nitrogen and oxygen atoms in total. The predicted octanol–water partition coefficient (Wildman–Crippen LogP) is 1.44. The number of nitriles is 1. The highest BCUT2D eigenvalue weighted by Gasteiger charge is 2.34. The smallest absolute Gasteiger partial charge is 0.272 e. The van der Waals surface area contributed by atoms with Gasteiger partial charge in [0.2, 0.25) is 0 Å². The van der Waals surface area contributed by atoms with Crippen molar-refractivity contribution in [3.05, 3.63) is 40.1 Å². The standard InChI is InChI=1S/C12H7BrF3N5O3S/c13-8-1-7(4-17)2-9(3-8)25(23,24)19-11(22)6-21-5-10(18-20-21)12(14,15)16/h1-3,5H,6H2,(H,19,22). The second-order valence-electron chi connectivity index (χ2n) is 4.62. The van der Waals surface area contributed by atoms with Crippen molar-refractivity contribution >= 4 is 31.9 Å². The van der Waals surface area contributed by atoms with Crippen LogP contribution in [0.4, 0.5) is 13.2 Å². The van der Waals surface area contributed by atoms with Gasteiger partial charge in [0.1, 0.15) is 6.54 Å². The number of rotatable bonds is 4. The normalized spacial score (nSPS) is 11.8. The molecule has 0 fully saturated rings. The SMILES string of the molecule is N#Cc1cc(Br)cc(S(=O)(=O)NC(=O)Cn2cc(C(F)(F)F)nn2)c1. The number of benzene rings is 1. The van der Waals surface area contributed by atoms with Crippen LogP contribution in [0.5, 0.6) is 0 Å². The fourth-order valence-electron chi connectivity index (χ4n) is 1.68. The van der Waals surface area contributed by atoms with E-state index >= 15 is 0 Å². The van der Waals surface area contributed by atoms with Crippen molar-refractivity contribution in [1.29, 1.82) is 5.26 Å². The van der Waals surface area contributed by atoms with Crippen LogP contribution in [-0.2, 0) is 27.5 Å². The van der Waals surface area contributed by atoms with E-state index in [0.717, 1.165) is 12.1 Å². The number of nitrogens with one attached hydrogen (secondary N) is 1. The molecule has 1 aromatic heterocycles. The lowest BCUT2D eigenvalue weighted by molar-refractivity contribution is -0.141. The number of hydrogen-bond acceptors (Lipinski definition) is 6. The highest BCUT2D eigenvalue weighted by atomic mass is 79.9. The largest absolute Gasteiger partial charge is 0.436 e. The molecule has 1 aromatic carbocycles. The number of carbonyl (C=O) groups is 1. The van der Waals surface area contributed by atoms with E-state index in [2.05, 4.69) is 26.2 Å². The highest BCUT2D eigenvalue weighted by Crippen LogP contribution is 2.26. The van der Waals surface area contributed by atoms with Gasteiger partial charge in [-0.2, -0.15) is 18.4 Å². The minimum absolute atomic E-state index is 0.0355. The zero-order valence-corrected chi connectivity index (χ0v) is 14.4. The maximum atomic E-state index is 12.4. The fraction of sp³-hybridized carbons (Fsp3) is 0.167. The molecule has 0 atom stereocenters. The van der Waals surface area contributed by atoms with Gasteiger partial charge in [-0.1, -0.05) is 21.1 Å². The third kappa shape index (κ3) is 4.77. The van der Waals surface area contributed by atoms with E-state index in [0.29, 0.717) is 15.4 Å². The van der Waals surface area contributed by atoms with E-state index in [-0.39, 0.29) is 10.5 Å². The number of sulfonamides is 1. The summed E-state index contributed by atoms with van der Waals surface area (Å²) in [5.74, 6) is -1.13. The van der Waals surface area contributed by atoms with Gasteiger partial charge in [0.25, 0.3) is 15.9 Å². The number of aromatic nitrogens is 3. The lowest BCUT2D eigenvalue weighted by atomic mass is 10.2. The molecule has 1 N–H and O–H groups in total. The second-order valence-corrected chi connectivity index (χ2v) is 7.21. The van der Waals surface area contributed by atoms with Gasteiger partial charge < -0.3 is 0 Å². The summed E-state index contributed by atoms with van der Waals surface area (Å²) >= 11 is 3.03. The summed E-state index contributed by atoms with van der Waals surface area (Å²) in [5.41, 5.74) is -1.28. The van der Waals surface area contributed by atoms with Gasteiger partial charge >= 0.3 is 6.18 Å². The predicted molar refractivity (Wildman–Crippen MR) is 79.2 cm³/mol. The first kappa shape index (κ1) is 18.9.